The summed E-state index contributed by atoms with van der Waals surface area (Å²) in [5.41, 5.74) is 2.95. The van der Waals surface area contributed by atoms with Crippen molar-refractivity contribution in [2.75, 3.05) is 59.3 Å². The van der Waals surface area contributed by atoms with Gasteiger partial charge < -0.3 is 55.8 Å². The van der Waals surface area contributed by atoms with Crippen LogP contribution >= 0.6 is 0 Å². The number of aromatic nitrogens is 2. The number of carbonyl (C=O) groups is 8. The van der Waals surface area contributed by atoms with Crippen LogP contribution < -0.4 is 37.5 Å². The van der Waals surface area contributed by atoms with Crippen molar-refractivity contribution in [1.82, 2.24) is 46.4 Å². The molecule has 4 aliphatic rings. The molecule has 390 valence electrons. The summed E-state index contributed by atoms with van der Waals surface area (Å²) in [5.74, 6) is -5.25. The molecule has 74 heavy (non-hydrogen) atoms. The lowest BCUT2D eigenvalue weighted by Gasteiger charge is -2.31. The highest BCUT2D eigenvalue weighted by Crippen LogP contribution is 2.46. The molecular formula is C51H56FN9O13. The number of benzene rings is 2. The first-order chi connectivity index (χ1) is 35.6. The smallest absolute Gasteiger partial charge is 0.343 e. The van der Waals surface area contributed by atoms with E-state index in [0.29, 0.717) is 47.4 Å². The van der Waals surface area contributed by atoms with E-state index in [0.717, 1.165) is 39.1 Å². The second kappa shape index (κ2) is 23.0. The Morgan fingerprint density at radius 3 is 2.35 bits per heavy atom. The van der Waals surface area contributed by atoms with Gasteiger partial charge in [-0.05, 0) is 54.5 Å². The Bertz CT molecular complexity index is 3000. The van der Waals surface area contributed by atoms with E-state index in [4.69, 9.17) is 19.2 Å². The number of aliphatic hydroxyl groups is 1. The van der Waals surface area contributed by atoms with Gasteiger partial charge >= 0.3 is 5.97 Å². The van der Waals surface area contributed by atoms with E-state index in [1.165, 1.54) is 6.07 Å². The monoisotopic (exact) mass is 1020 g/mol. The van der Waals surface area contributed by atoms with E-state index in [1.807, 2.05) is 0 Å². The summed E-state index contributed by atoms with van der Waals surface area (Å²) in [6.07, 6.45) is 3.41. The minimum absolute atomic E-state index is 0.0128. The van der Waals surface area contributed by atoms with Crippen LogP contribution in [0.15, 0.2) is 59.4 Å². The van der Waals surface area contributed by atoms with Crippen LogP contribution in [0.1, 0.15) is 71.2 Å². The van der Waals surface area contributed by atoms with Gasteiger partial charge in [-0.25, -0.2) is 14.2 Å². The van der Waals surface area contributed by atoms with Crippen molar-refractivity contribution in [2.45, 2.75) is 76.8 Å². The Morgan fingerprint density at radius 2 is 1.59 bits per heavy atom. The predicted molar refractivity (Wildman–Crippen MR) is 260 cm³/mol. The molecule has 0 saturated carbocycles. The van der Waals surface area contributed by atoms with E-state index in [9.17, 15) is 48.3 Å². The highest BCUT2D eigenvalue weighted by Gasteiger charge is 2.46. The number of amides is 7. The lowest BCUT2D eigenvalue weighted by molar-refractivity contribution is -0.172. The number of hydrogen-bond acceptors (Lipinski definition) is 15. The molecule has 1 aliphatic carbocycles. The summed E-state index contributed by atoms with van der Waals surface area (Å²) in [4.78, 5) is 119. The van der Waals surface area contributed by atoms with Gasteiger partial charge in [-0.15, -0.1) is 0 Å². The minimum Gasteiger partial charge on any atom is -0.458 e. The summed E-state index contributed by atoms with van der Waals surface area (Å²) in [7, 11) is 0. The maximum atomic E-state index is 15.3. The van der Waals surface area contributed by atoms with Gasteiger partial charge in [0.05, 0.1) is 75.0 Å². The zero-order chi connectivity index (χ0) is 52.7. The number of fused-ring (bicyclic) bond motifs is 5. The molecule has 0 unspecified atom stereocenters. The molecule has 5 heterocycles. The fourth-order valence-corrected chi connectivity index (χ4v) is 9.51. The third-order valence-electron chi connectivity index (χ3n) is 13.5. The fourth-order valence-electron chi connectivity index (χ4n) is 9.51. The number of rotatable bonds is 23. The SMILES string of the molecule is CC[C@@]1(O)C(=O)OCc2c1cc1n(c2=O)Cc2c-1nc1cc(F)c(C)c3c1c2[C@@H](NCCOCNC(=O)CNC(=O)[C@H](Cc1ccccc1)NC(=O)CNC(=O)CNC(=O)CCOCCN1C(=O)C=CC1=O)CC3. The number of halogens is 1. The molecule has 0 spiro atoms. The van der Waals surface area contributed by atoms with E-state index in [2.05, 4.69) is 31.9 Å². The molecule has 7 amide bonds. The summed E-state index contributed by atoms with van der Waals surface area (Å²) in [6.45, 7) is 2.17. The second-order valence-electron chi connectivity index (χ2n) is 18.1. The van der Waals surface area contributed by atoms with Crippen LogP contribution in [0.3, 0.4) is 0 Å². The number of nitrogens with one attached hydrogen (secondary N) is 6. The van der Waals surface area contributed by atoms with Crippen LogP contribution in [0.25, 0.3) is 22.3 Å². The number of cyclic esters (lactones) is 1. The van der Waals surface area contributed by atoms with Gasteiger partial charge in [0.15, 0.2) is 5.60 Å². The Morgan fingerprint density at radius 1 is 0.878 bits per heavy atom. The number of pyridine rings is 2. The Hall–Kier alpha value is -7.73. The van der Waals surface area contributed by atoms with Crippen LogP contribution in [0.5, 0.6) is 0 Å². The van der Waals surface area contributed by atoms with Gasteiger partial charge in [-0.2, -0.15) is 0 Å². The molecule has 3 aliphatic heterocycles. The first-order valence-electron chi connectivity index (χ1n) is 24.2. The van der Waals surface area contributed by atoms with Crippen molar-refractivity contribution in [3.05, 3.63) is 110 Å². The van der Waals surface area contributed by atoms with Gasteiger partial charge in [0.1, 0.15) is 25.2 Å². The molecule has 0 saturated heterocycles. The van der Waals surface area contributed by atoms with Gasteiger partial charge in [0.2, 0.25) is 29.5 Å². The Kier molecular flexibility index (Phi) is 16.3. The standard InChI is InChI=1S/C51H56FN9O13/c1-3-51(71)33-20-38-47-31(25-61(38)49(69)32(33)26-74-50(51)70)46-35(10-9-30-28(2)34(52)21-36(59-47)45(30)46)53-14-17-73-27-57-41(64)23-56-48(68)37(19-29-7-5-4-6-8-29)58-42(65)24-55-40(63)22-54-39(62)13-16-72-18-15-60-43(66)11-12-44(60)67/h4-8,11-12,20-21,35,37,53,71H,3,9-10,13-19,22-27H2,1-2H3,(H,54,62)(H,55,63)(H,56,68)(H,57,64)(H,58,65)/t35-,37-,51-/m0/s1. The number of hydrogen-bond donors (Lipinski definition) is 7. The summed E-state index contributed by atoms with van der Waals surface area (Å²) in [5, 5.41) is 28.2. The largest absolute Gasteiger partial charge is 0.458 e. The molecular weight excluding hydrogens is 966 g/mol. The lowest BCUT2D eigenvalue weighted by atomic mass is 9.81. The molecule has 0 radical (unpaired) electrons. The van der Waals surface area contributed by atoms with Gasteiger partial charge in [0.25, 0.3) is 17.4 Å². The average Bonchev–Trinajstić information content (AvgIpc) is 3.95. The van der Waals surface area contributed by atoms with Crippen LogP contribution in [0.2, 0.25) is 0 Å². The van der Waals surface area contributed by atoms with E-state index >= 15 is 4.39 Å². The van der Waals surface area contributed by atoms with Crippen LogP contribution in [-0.2, 0) is 84.2 Å². The molecule has 8 rings (SSSR count). The molecule has 7 N–H and O–H groups in total. The zero-order valence-corrected chi connectivity index (χ0v) is 40.7. The first kappa shape index (κ1) is 52.6. The lowest BCUT2D eigenvalue weighted by Crippen LogP contribution is -2.52. The van der Waals surface area contributed by atoms with Gasteiger partial charge in [-0.1, -0.05) is 37.3 Å². The maximum Gasteiger partial charge on any atom is 0.343 e. The van der Waals surface area contributed by atoms with E-state index in [-0.39, 0.29) is 82.7 Å². The van der Waals surface area contributed by atoms with Crippen molar-refractivity contribution >= 4 is 58.2 Å². The first-order valence-corrected chi connectivity index (χ1v) is 24.2. The number of nitrogens with zero attached hydrogens (tertiary/aromatic N) is 3. The normalized spacial score (nSPS) is 17.5. The Balaban J connectivity index is 0.791. The van der Waals surface area contributed by atoms with Gasteiger partial charge in [-0.3, -0.25) is 43.3 Å². The molecule has 2 aromatic carbocycles. The van der Waals surface area contributed by atoms with Crippen molar-refractivity contribution in [2.24, 2.45) is 0 Å². The quantitative estimate of drug-likeness (QED) is 0.0190. The van der Waals surface area contributed by atoms with Crippen molar-refractivity contribution in [3.63, 3.8) is 0 Å². The van der Waals surface area contributed by atoms with Gasteiger partial charge in [0, 0.05) is 60.2 Å². The topological polar surface area (TPSA) is 295 Å². The minimum atomic E-state index is -2.01. The molecule has 0 bridgehead atoms. The predicted octanol–water partition coefficient (Wildman–Crippen LogP) is -0.398. The molecule has 23 heteroatoms. The van der Waals surface area contributed by atoms with E-state index in [1.54, 1.807) is 54.8 Å². The number of esters is 1. The second-order valence-corrected chi connectivity index (χ2v) is 18.1. The Labute approximate surface area is 422 Å². The van der Waals surface area contributed by atoms with Crippen molar-refractivity contribution in [1.29, 1.82) is 0 Å². The van der Waals surface area contributed by atoms with Crippen LogP contribution in [-0.4, -0.2) is 132 Å². The highest BCUT2D eigenvalue weighted by atomic mass is 19.1. The van der Waals surface area contributed by atoms with Crippen LogP contribution in [0, 0.1) is 12.7 Å². The number of carbonyl (C=O) groups excluding carboxylic acids is 8. The summed E-state index contributed by atoms with van der Waals surface area (Å²) in [6, 6.07) is 10.4. The average molecular weight is 1020 g/mol. The third-order valence-corrected chi connectivity index (χ3v) is 13.5. The molecule has 2 aromatic heterocycles. The third kappa shape index (κ3) is 11.4. The molecule has 4 aromatic rings. The van der Waals surface area contributed by atoms with Crippen molar-refractivity contribution < 1.29 is 62.1 Å². The van der Waals surface area contributed by atoms with E-state index < -0.39 is 90.0 Å². The summed E-state index contributed by atoms with van der Waals surface area (Å²) < 4.78 is 33.2. The van der Waals surface area contributed by atoms with Crippen LogP contribution in [0.4, 0.5) is 4.39 Å². The number of imide groups is 1. The molecule has 22 nitrogen and oxygen atoms in total. The summed E-state index contributed by atoms with van der Waals surface area (Å²) >= 11 is 0. The highest BCUT2D eigenvalue weighted by molar-refractivity contribution is 6.12. The van der Waals surface area contributed by atoms with Crippen molar-refractivity contribution in [3.8, 4) is 11.4 Å². The fraction of sp³-hybridized carbons (Fsp3) is 0.412. The maximum absolute atomic E-state index is 15.3. The number of aryl methyl sites for hydroxylation is 1. The molecule has 0 fully saturated rings. The zero-order valence-electron chi connectivity index (χ0n) is 40.7. The number of ether oxygens (including phenoxy) is 3. The molecule has 3 atom stereocenters.